The summed E-state index contributed by atoms with van der Waals surface area (Å²) in [4.78, 5) is 11.1. The molecule has 0 aliphatic heterocycles. The van der Waals surface area contributed by atoms with Crippen molar-refractivity contribution in [1.82, 2.24) is 0 Å². The second-order valence-corrected chi connectivity index (χ2v) is 3.51. The summed E-state index contributed by atoms with van der Waals surface area (Å²) in [6.07, 6.45) is 5.00. The number of rotatable bonds is 3. The van der Waals surface area contributed by atoms with Crippen molar-refractivity contribution < 1.29 is 19.8 Å². The lowest BCUT2D eigenvalue weighted by atomic mass is 10.1. The van der Waals surface area contributed by atoms with Gasteiger partial charge in [-0.05, 0) is 18.2 Å². The van der Waals surface area contributed by atoms with Gasteiger partial charge in [-0.15, -0.1) is 0 Å². The fraction of sp³-hybridized carbons (Fsp3) is 0.0833. The van der Waals surface area contributed by atoms with Crippen LogP contribution in [0, 0.1) is 0 Å². The Morgan fingerprint density at radius 2 is 2.18 bits per heavy atom. The maximum absolute atomic E-state index is 11.1. The van der Waals surface area contributed by atoms with Gasteiger partial charge in [0.2, 0.25) is 0 Å². The number of carbonyl (C=O) groups excluding carboxylic acids is 1. The SMILES string of the molecule is O=C1C=CCC(Oc2cc(O)ccc2NO)=C1. The molecular weight excluding hydrogens is 222 g/mol. The number of phenols is 1. The lowest BCUT2D eigenvalue weighted by Gasteiger charge is -2.13. The predicted molar refractivity (Wildman–Crippen MR) is 61.0 cm³/mol. The van der Waals surface area contributed by atoms with Crippen LogP contribution >= 0.6 is 0 Å². The molecule has 0 spiro atoms. The van der Waals surface area contributed by atoms with Crippen LogP contribution in [0.3, 0.4) is 0 Å². The van der Waals surface area contributed by atoms with E-state index in [2.05, 4.69) is 0 Å². The van der Waals surface area contributed by atoms with Gasteiger partial charge in [0.1, 0.15) is 17.2 Å². The quantitative estimate of drug-likeness (QED) is 0.549. The summed E-state index contributed by atoms with van der Waals surface area (Å²) in [6.45, 7) is 0. The molecular formula is C12H11NO4. The van der Waals surface area contributed by atoms with E-state index in [1.807, 2.05) is 5.48 Å². The van der Waals surface area contributed by atoms with Crippen LogP contribution < -0.4 is 10.2 Å². The van der Waals surface area contributed by atoms with E-state index < -0.39 is 0 Å². The van der Waals surface area contributed by atoms with Crippen LogP contribution in [-0.2, 0) is 4.79 Å². The van der Waals surface area contributed by atoms with E-state index in [4.69, 9.17) is 9.94 Å². The highest BCUT2D eigenvalue weighted by Crippen LogP contribution is 2.30. The summed E-state index contributed by atoms with van der Waals surface area (Å²) in [5, 5.41) is 18.2. The zero-order valence-corrected chi connectivity index (χ0v) is 8.88. The molecule has 0 saturated heterocycles. The number of ether oxygens (including phenoxy) is 1. The molecule has 0 fully saturated rings. The fourth-order valence-corrected chi connectivity index (χ4v) is 1.46. The van der Waals surface area contributed by atoms with Crippen LogP contribution in [0.5, 0.6) is 11.5 Å². The maximum Gasteiger partial charge on any atom is 0.181 e. The number of aromatic hydroxyl groups is 1. The van der Waals surface area contributed by atoms with Crippen molar-refractivity contribution in [3.63, 3.8) is 0 Å². The van der Waals surface area contributed by atoms with Crippen molar-refractivity contribution in [1.29, 1.82) is 0 Å². The van der Waals surface area contributed by atoms with E-state index in [0.717, 1.165) is 0 Å². The van der Waals surface area contributed by atoms with Gasteiger partial charge >= 0.3 is 0 Å². The largest absolute Gasteiger partial charge is 0.508 e. The third kappa shape index (κ3) is 2.64. The molecule has 5 nitrogen and oxygen atoms in total. The molecule has 17 heavy (non-hydrogen) atoms. The molecule has 0 bridgehead atoms. The van der Waals surface area contributed by atoms with E-state index in [-0.39, 0.29) is 17.3 Å². The standard InChI is InChI=1S/C12H11NO4/c14-8-2-1-3-10(6-8)17-12-7-9(15)4-5-11(12)13-16/h1-2,4-7,13,15-16H,3H2. The number of carbonyl (C=O) groups is 1. The topological polar surface area (TPSA) is 78.8 Å². The van der Waals surface area contributed by atoms with Crippen LogP contribution in [0.15, 0.2) is 42.2 Å². The van der Waals surface area contributed by atoms with Crippen LogP contribution in [0.1, 0.15) is 6.42 Å². The Morgan fingerprint density at radius 1 is 1.35 bits per heavy atom. The number of ketones is 1. The summed E-state index contributed by atoms with van der Waals surface area (Å²) in [5.41, 5.74) is 2.27. The van der Waals surface area contributed by atoms with Crippen LogP contribution in [0.25, 0.3) is 0 Å². The average molecular weight is 233 g/mol. The maximum atomic E-state index is 11.1. The normalized spacial score (nSPS) is 14.4. The van der Waals surface area contributed by atoms with Crippen molar-refractivity contribution in [2.75, 3.05) is 5.48 Å². The summed E-state index contributed by atoms with van der Waals surface area (Å²) in [7, 11) is 0. The molecule has 0 saturated carbocycles. The van der Waals surface area contributed by atoms with E-state index in [1.165, 1.54) is 30.4 Å². The first-order chi connectivity index (χ1) is 8.19. The minimum Gasteiger partial charge on any atom is -0.508 e. The van der Waals surface area contributed by atoms with Gasteiger partial charge in [-0.2, -0.15) is 0 Å². The molecule has 0 amide bonds. The number of hydrogen-bond acceptors (Lipinski definition) is 5. The molecule has 1 aromatic carbocycles. The molecule has 5 heteroatoms. The van der Waals surface area contributed by atoms with Crippen molar-refractivity contribution >= 4 is 11.5 Å². The number of phenolic OH excluding ortho intramolecular Hbond substituents is 1. The van der Waals surface area contributed by atoms with Gasteiger partial charge in [0, 0.05) is 18.6 Å². The molecule has 88 valence electrons. The fourth-order valence-electron chi connectivity index (χ4n) is 1.46. The van der Waals surface area contributed by atoms with E-state index in [1.54, 1.807) is 6.08 Å². The third-order valence-electron chi connectivity index (χ3n) is 2.23. The highest BCUT2D eigenvalue weighted by Gasteiger charge is 2.10. The average Bonchev–Trinajstić information content (AvgIpc) is 2.29. The van der Waals surface area contributed by atoms with E-state index in [0.29, 0.717) is 17.9 Å². The number of anilines is 1. The highest BCUT2D eigenvalue weighted by atomic mass is 16.5. The molecule has 0 radical (unpaired) electrons. The first-order valence-electron chi connectivity index (χ1n) is 5.01. The van der Waals surface area contributed by atoms with Gasteiger partial charge in [0.05, 0.1) is 0 Å². The Balaban J connectivity index is 2.23. The Hall–Kier alpha value is -2.27. The number of allylic oxidation sites excluding steroid dienone is 3. The van der Waals surface area contributed by atoms with E-state index >= 15 is 0 Å². The Labute approximate surface area is 97.6 Å². The third-order valence-corrected chi connectivity index (χ3v) is 2.23. The van der Waals surface area contributed by atoms with E-state index in [9.17, 15) is 9.90 Å². The summed E-state index contributed by atoms with van der Waals surface area (Å²) in [6, 6.07) is 4.22. The highest BCUT2D eigenvalue weighted by molar-refractivity contribution is 6.00. The van der Waals surface area contributed by atoms with Crippen molar-refractivity contribution in [3.8, 4) is 11.5 Å². The Kier molecular flexibility index (Phi) is 3.11. The number of hydrogen-bond donors (Lipinski definition) is 3. The molecule has 0 aromatic heterocycles. The van der Waals surface area contributed by atoms with Crippen LogP contribution in [0.4, 0.5) is 5.69 Å². The predicted octanol–water partition coefficient (Wildman–Crippen LogP) is 1.98. The van der Waals surface area contributed by atoms with Crippen molar-refractivity contribution in [2.24, 2.45) is 0 Å². The molecule has 0 atom stereocenters. The minimum atomic E-state index is -0.148. The van der Waals surface area contributed by atoms with Crippen molar-refractivity contribution in [3.05, 3.63) is 42.2 Å². The van der Waals surface area contributed by atoms with Crippen LogP contribution in [-0.4, -0.2) is 16.1 Å². The number of nitrogens with one attached hydrogen (secondary N) is 1. The molecule has 0 heterocycles. The lowest BCUT2D eigenvalue weighted by Crippen LogP contribution is -2.04. The number of benzene rings is 1. The van der Waals surface area contributed by atoms with Gasteiger partial charge in [-0.25, -0.2) is 0 Å². The lowest BCUT2D eigenvalue weighted by molar-refractivity contribution is -0.110. The second kappa shape index (κ2) is 4.71. The van der Waals surface area contributed by atoms with Crippen LogP contribution in [0.2, 0.25) is 0 Å². The monoisotopic (exact) mass is 233 g/mol. The molecule has 1 aromatic rings. The second-order valence-electron chi connectivity index (χ2n) is 3.51. The first-order valence-corrected chi connectivity index (χ1v) is 5.01. The summed E-state index contributed by atoms with van der Waals surface area (Å²) in [5.74, 6) is 0.573. The molecule has 3 N–H and O–H groups in total. The van der Waals surface area contributed by atoms with Gasteiger partial charge in [-0.3, -0.25) is 15.5 Å². The molecule has 0 unspecified atom stereocenters. The minimum absolute atomic E-state index is 0.0114. The summed E-state index contributed by atoms with van der Waals surface area (Å²) < 4.78 is 5.44. The molecule has 1 aliphatic carbocycles. The Bertz CT molecular complexity index is 505. The van der Waals surface area contributed by atoms with Gasteiger partial charge < -0.3 is 9.84 Å². The van der Waals surface area contributed by atoms with Gasteiger partial charge in [-0.1, -0.05) is 6.08 Å². The summed E-state index contributed by atoms with van der Waals surface area (Å²) >= 11 is 0. The van der Waals surface area contributed by atoms with Gasteiger partial charge in [0.25, 0.3) is 0 Å². The smallest absolute Gasteiger partial charge is 0.181 e. The molecule has 1 aliphatic rings. The zero-order valence-electron chi connectivity index (χ0n) is 8.88. The Morgan fingerprint density at radius 3 is 2.88 bits per heavy atom. The van der Waals surface area contributed by atoms with Gasteiger partial charge in [0.15, 0.2) is 11.5 Å². The van der Waals surface area contributed by atoms with Crippen molar-refractivity contribution in [2.45, 2.75) is 6.42 Å². The first kappa shape index (κ1) is 11.2. The zero-order chi connectivity index (χ0) is 12.3. The molecule has 2 rings (SSSR count).